The SMILES string of the molecule is Cc1nn(C/C(F)=C/CNC(=O)O)c(C=O)c1Cc1ccc(S(=O)(=O)N(C)C)c(Cl)c1. The van der Waals surface area contributed by atoms with Crippen LogP contribution in [0.25, 0.3) is 0 Å². The van der Waals surface area contributed by atoms with Crippen LogP contribution in [0.1, 0.15) is 27.3 Å². The number of amides is 1. The Labute approximate surface area is 184 Å². The van der Waals surface area contributed by atoms with E-state index in [9.17, 15) is 22.4 Å². The first kappa shape index (κ1) is 24.5. The summed E-state index contributed by atoms with van der Waals surface area (Å²) in [5.74, 6) is -0.660. The van der Waals surface area contributed by atoms with E-state index in [1.807, 2.05) is 5.32 Å². The number of aryl methyl sites for hydroxylation is 1. The minimum absolute atomic E-state index is 0.0341. The molecule has 1 heterocycles. The Hall–Kier alpha value is -2.76. The van der Waals surface area contributed by atoms with Gasteiger partial charge in [-0.25, -0.2) is 21.9 Å². The van der Waals surface area contributed by atoms with Crippen molar-refractivity contribution in [2.45, 2.75) is 24.8 Å². The molecule has 0 fully saturated rings. The summed E-state index contributed by atoms with van der Waals surface area (Å²) in [5, 5.41) is 14.8. The molecule has 12 heteroatoms. The molecule has 1 aromatic carbocycles. The van der Waals surface area contributed by atoms with Gasteiger partial charge in [-0.05, 0) is 30.7 Å². The molecule has 1 aromatic heterocycles. The molecule has 0 unspecified atom stereocenters. The maximum Gasteiger partial charge on any atom is 0.404 e. The van der Waals surface area contributed by atoms with Crippen molar-refractivity contribution >= 4 is 34.0 Å². The van der Waals surface area contributed by atoms with E-state index in [1.165, 1.54) is 30.9 Å². The van der Waals surface area contributed by atoms with Gasteiger partial charge in [-0.1, -0.05) is 17.7 Å². The van der Waals surface area contributed by atoms with Crippen molar-refractivity contribution in [3.8, 4) is 0 Å². The third-order valence-corrected chi connectivity index (χ3v) is 6.72. The lowest BCUT2D eigenvalue weighted by Gasteiger charge is -2.13. The number of aldehydes is 1. The van der Waals surface area contributed by atoms with Gasteiger partial charge in [-0.15, -0.1) is 0 Å². The van der Waals surface area contributed by atoms with E-state index in [4.69, 9.17) is 16.7 Å². The van der Waals surface area contributed by atoms with Crippen molar-refractivity contribution in [1.29, 1.82) is 0 Å². The van der Waals surface area contributed by atoms with E-state index in [0.29, 0.717) is 23.1 Å². The number of sulfonamides is 1. The third kappa shape index (κ3) is 5.90. The maximum absolute atomic E-state index is 14.1. The van der Waals surface area contributed by atoms with E-state index in [2.05, 4.69) is 5.10 Å². The van der Waals surface area contributed by atoms with Crippen molar-refractivity contribution in [3.63, 3.8) is 0 Å². The van der Waals surface area contributed by atoms with Crippen LogP contribution in [0, 0.1) is 6.92 Å². The molecule has 2 aromatic rings. The van der Waals surface area contributed by atoms with E-state index in [0.717, 1.165) is 10.4 Å². The smallest absolute Gasteiger partial charge is 0.404 e. The van der Waals surface area contributed by atoms with Crippen molar-refractivity contribution in [3.05, 3.63) is 57.6 Å². The van der Waals surface area contributed by atoms with Gasteiger partial charge in [-0.3, -0.25) is 9.48 Å². The molecule has 0 spiro atoms. The zero-order valence-electron chi connectivity index (χ0n) is 17.1. The number of rotatable bonds is 9. The first-order chi connectivity index (χ1) is 14.5. The molecule has 2 N–H and O–H groups in total. The number of aromatic nitrogens is 2. The quantitative estimate of drug-likeness (QED) is 0.541. The number of carbonyl (C=O) groups excluding carboxylic acids is 1. The summed E-state index contributed by atoms with van der Waals surface area (Å²) in [6.45, 7) is 1.11. The summed E-state index contributed by atoms with van der Waals surface area (Å²) in [4.78, 5) is 22.0. The Morgan fingerprint density at radius 2 is 2.06 bits per heavy atom. The Morgan fingerprint density at radius 1 is 1.39 bits per heavy atom. The van der Waals surface area contributed by atoms with E-state index < -0.39 is 21.9 Å². The van der Waals surface area contributed by atoms with Gasteiger partial charge in [0.25, 0.3) is 0 Å². The molecule has 0 radical (unpaired) electrons. The molecule has 0 bridgehead atoms. The lowest BCUT2D eigenvalue weighted by Crippen LogP contribution is -2.22. The van der Waals surface area contributed by atoms with Crippen LogP contribution in [-0.4, -0.2) is 60.6 Å². The predicted octanol–water partition coefficient (Wildman–Crippen LogP) is 2.62. The molecule has 0 saturated carbocycles. The number of halogens is 2. The second kappa shape index (κ2) is 10.0. The maximum atomic E-state index is 14.1. The summed E-state index contributed by atoms with van der Waals surface area (Å²) >= 11 is 6.18. The zero-order valence-corrected chi connectivity index (χ0v) is 18.7. The molecule has 0 aliphatic carbocycles. The highest BCUT2D eigenvalue weighted by atomic mass is 35.5. The minimum Gasteiger partial charge on any atom is -0.465 e. The van der Waals surface area contributed by atoms with Crippen LogP contribution >= 0.6 is 11.6 Å². The van der Waals surface area contributed by atoms with Crippen molar-refractivity contribution in [1.82, 2.24) is 19.4 Å². The normalized spacial score (nSPS) is 12.3. The van der Waals surface area contributed by atoms with Crippen molar-refractivity contribution in [2.75, 3.05) is 20.6 Å². The van der Waals surface area contributed by atoms with Crippen molar-refractivity contribution in [2.24, 2.45) is 0 Å². The fraction of sp³-hybridized carbons (Fsp3) is 0.316. The zero-order chi connectivity index (χ0) is 23.3. The van der Waals surface area contributed by atoms with E-state index in [1.54, 1.807) is 13.0 Å². The molecular weight excluding hydrogens is 451 g/mol. The molecule has 1 amide bonds. The van der Waals surface area contributed by atoms with E-state index >= 15 is 0 Å². The molecule has 2 rings (SSSR count). The average molecular weight is 473 g/mol. The van der Waals surface area contributed by atoms with E-state index in [-0.39, 0.29) is 35.1 Å². The Balaban J connectivity index is 2.29. The van der Waals surface area contributed by atoms with Gasteiger partial charge < -0.3 is 10.4 Å². The van der Waals surface area contributed by atoms with Gasteiger partial charge in [0.1, 0.15) is 16.4 Å². The molecule has 0 atom stereocenters. The summed E-state index contributed by atoms with van der Waals surface area (Å²) in [7, 11) is -0.898. The Bertz CT molecular complexity index is 1130. The number of benzene rings is 1. The topological polar surface area (TPSA) is 122 Å². The van der Waals surface area contributed by atoms with Gasteiger partial charge in [0.2, 0.25) is 10.0 Å². The summed E-state index contributed by atoms with van der Waals surface area (Å²) in [5.41, 5.74) is 1.86. The number of carboxylic acid groups (broad SMARTS) is 1. The molecule has 0 aliphatic rings. The molecule has 31 heavy (non-hydrogen) atoms. The predicted molar refractivity (Wildman–Crippen MR) is 113 cm³/mol. The highest BCUT2D eigenvalue weighted by Crippen LogP contribution is 2.27. The largest absolute Gasteiger partial charge is 0.465 e. The number of nitrogens with zero attached hydrogens (tertiary/aromatic N) is 3. The number of nitrogens with one attached hydrogen (secondary N) is 1. The molecular formula is C19H22ClFN4O5S. The van der Waals surface area contributed by atoms with Crippen LogP contribution in [0.15, 0.2) is 35.0 Å². The summed E-state index contributed by atoms with van der Waals surface area (Å²) < 4.78 is 40.9. The minimum atomic E-state index is -3.70. The fourth-order valence-electron chi connectivity index (χ4n) is 2.83. The molecule has 0 saturated heterocycles. The fourth-order valence-corrected chi connectivity index (χ4v) is 4.26. The Kier molecular flexibility index (Phi) is 7.93. The Morgan fingerprint density at radius 3 is 2.61 bits per heavy atom. The second-order valence-corrected chi connectivity index (χ2v) is 9.32. The van der Waals surface area contributed by atoms with Crippen LogP contribution in [0.2, 0.25) is 5.02 Å². The van der Waals surface area contributed by atoms with Crippen LogP contribution in [0.3, 0.4) is 0 Å². The molecule has 168 valence electrons. The van der Waals surface area contributed by atoms with Gasteiger partial charge in [-0.2, -0.15) is 5.10 Å². The summed E-state index contributed by atoms with van der Waals surface area (Å²) in [6.07, 6.45) is 0.555. The van der Waals surface area contributed by atoms with Crippen molar-refractivity contribution < 1.29 is 27.5 Å². The lowest BCUT2D eigenvalue weighted by atomic mass is 10.0. The first-order valence-corrected chi connectivity index (χ1v) is 10.8. The second-order valence-electron chi connectivity index (χ2n) is 6.79. The van der Waals surface area contributed by atoms with Gasteiger partial charge in [0, 0.05) is 32.6 Å². The lowest BCUT2D eigenvalue weighted by molar-refractivity contribution is 0.111. The summed E-state index contributed by atoms with van der Waals surface area (Å²) in [6, 6.07) is 4.48. The van der Waals surface area contributed by atoms with Gasteiger partial charge >= 0.3 is 6.09 Å². The monoisotopic (exact) mass is 472 g/mol. The highest BCUT2D eigenvalue weighted by molar-refractivity contribution is 7.89. The number of hydrogen-bond donors (Lipinski definition) is 2. The van der Waals surface area contributed by atoms with Gasteiger partial charge in [0.05, 0.1) is 17.3 Å². The van der Waals surface area contributed by atoms with Crippen LogP contribution in [-0.2, 0) is 23.0 Å². The average Bonchev–Trinajstić information content (AvgIpc) is 2.95. The number of carbonyl (C=O) groups is 2. The highest BCUT2D eigenvalue weighted by Gasteiger charge is 2.22. The molecule has 9 nitrogen and oxygen atoms in total. The van der Waals surface area contributed by atoms with Crippen LogP contribution in [0.4, 0.5) is 9.18 Å². The standard InChI is InChI=1S/C19H22ClFN4O5S/c1-12-15(8-13-4-5-18(16(20)9-13)31(29,30)24(2)3)17(11-26)25(23-12)10-14(21)6-7-22-19(27)28/h4-6,9,11,22H,7-8,10H2,1-3H3,(H,27,28)/b14-6-. The first-order valence-electron chi connectivity index (χ1n) is 9.01. The van der Waals surface area contributed by atoms with Crippen LogP contribution < -0.4 is 5.32 Å². The molecule has 0 aliphatic heterocycles. The van der Waals surface area contributed by atoms with Crippen LogP contribution in [0.5, 0.6) is 0 Å². The van der Waals surface area contributed by atoms with Gasteiger partial charge in [0.15, 0.2) is 6.29 Å². The number of allylic oxidation sites excluding steroid dienone is 1. The third-order valence-electron chi connectivity index (χ3n) is 4.42. The number of hydrogen-bond acceptors (Lipinski definition) is 5.